The number of likely N-dealkylation sites (tertiary alicyclic amines) is 1. The minimum atomic E-state index is -0.0611. The molecule has 2 aliphatic rings. The molecule has 2 aromatic heterocycles. The van der Waals surface area contributed by atoms with E-state index < -0.39 is 0 Å². The van der Waals surface area contributed by atoms with E-state index in [0.717, 1.165) is 17.7 Å². The van der Waals surface area contributed by atoms with Gasteiger partial charge in [0.15, 0.2) is 5.76 Å². The largest absolute Gasteiger partial charge is 0.459 e. The number of carbonyl (C=O) groups excluding carboxylic acids is 1. The van der Waals surface area contributed by atoms with Crippen molar-refractivity contribution in [3.05, 3.63) is 64.0 Å². The Morgan fingerprint density at radius 2 is 2.12 bits per heavy atom. The number of allylic oxidation sites excluding steroid dienone is 1. The minimum absolute atomic E-state index is 0.0544. The fourth-order valence-corrected chi connectivity index (χ4v) is 4.09. The summed E-state index contributed by atoms with van der Waals surface area (Å²) in [7, 11) is 0. The highest BCUT2D eigenvalue weighted by atomic mass is 16.3. The molecule has 1 saturated heterocycles. The van der Waals surface area contributed by atoms with Gasteiger partial charge in [-0.05, 0) is 43.0 Å². The Morgan fingerprint density at radius 1 is 1.25 bits per heavy atom. The third-order valence-electron chi connectivity index (χ3n) is 4.99. The summed E-state index contributed by atoms with van der Waals surface area (Å²) in [6, 6.07) is 6.97. The monoisotopic (exact) mass is 324 g/mol. The first-order chi connectivity index (χ1) is 11.7. The molecule has 2 atom stereocenters. The van der Waals surface area contributed by atoms with Gasteiger partial charge in [-0.3, -0.25) is 9.59 Å². The van der Waals surface area contributed by atoms with Gasteiger partial charge in [-0.15, -0.1) is 0 Å². The highest BCUT2D eigenvalue weighted by molar-refractivity contribution is 5.91. The van der Waals surface area contributed by atoms with Crippen molar-refractivity contribution >= 4 is 12.0 Å². The highest BCUT2D eigenvalue weighted by Gasteiger charge is 2.38. The molecule has 2 bridgehead atoms. The van der Waals surface area contributed by atoms with Crippen LogP contribution in [0.2, 0.25) is 0 Å². The molecule has 2 unspecified atom stereocenters. The van der Waals surface area contributed by atoms with Gasteiger partial charge in [0, 0.05) is 37.3 Å². The summed E-state index contributed by atoms with van der Waals surface area (Å²) in [6.45, 7) is 3.96. The molecular weight excluding hydrogens is 304 g/mol. The first-order valence-corrected chi connectivity index (χ1v) is 8.36. The lowest BCUT2D eigenvalue weighted by Gasteiger charge is -2.43. The maximum atomic E-state index is 12.6. The predicted molar refractivity (Wildman–Crippen MR) is 90.9 cm³/mol. The SMILES string of the molecule is CC=Cc1ccc(=O)n2c1C1CC(CN(C(=O)c3ccco3)C1)C2. The number of carbonyl (C=O) groups is 1. The second kappa shape index (κ2) is 5.82. The van der Waals surface area contributed by atoms with Crippen molar-refractivity contribution in [3.8, 4) is 0 Å². The Morgan fingerprint density at radius 3 is 2.88 bits per heavy atom. The highest BCUT2D eigenvalue weighted by Crippen LogP contribution is 2.37. The van der Waals surface area contributed by atoms with Crippen molar-refractivity contribution in [3.63, 3.8) is 0 Å². The third-order valence-corrected chi connectivity index (χ3v) is 4.99. The molecular formula is C19H20N2O3. The van der Waals surface area contributed by atoms with Gasteiger partial charge in [-0.1, -0.05) is 12.2 Å². The number of pyridine rings is 1. The first-order valence-electron chi connectivity index (χ1n) is 8.36. The van der Waals surface area contributed by atoms with Crippen LogP contribution in [0.1, 0.15) is 41.1 Å². The van der Waals surface area contributed by atoms with E-state index in [9.17, 15) is 9.59 Å². The summed E-state index contributed by atoms with van der Waals surface area (Å²) in [6.07, 6.45) is 6.58. The van der Waals surface area contributed by atoms with Crippen LogP contribution in [0.3, 0.4) is 0 Å². The second-order valence-electron chi connectivity index (χ2n) is 6.61. The summed E-state index contributed by atoms with van der Waals surface area (Å²) in [5, 5.41) is 0. The predicted octanol–water partition coefficient (Wildman–Crippen LogP) is 2.73. The van der Waals surface area contributed by atoms with Crippen molar-refractivity contribution in [1.82, 2.24) is 9.47 Å². The number of hydrogen-bond acceptors (Lipinski definition) is 3. The van der Waals surface area contributed by atoms with Crippen LogP contribution in [-0.2, 0) is 6.54 Å². The van der Waals surface area contributed by atoms with Gasteiger partial charge in [0.05, 0.1) is 6.26 Å². The molecule has 0 N–H and O–H groups in total. The average Bonchev–Trinajstić information content (AvgIpc) is 3.11. The topological polar surface area (TPSA) is 55.5 Å². The zero-order chi connectivity index (χ0) is 16.7. The summed E-state index contributed by atoms with van der Waals surface area (Å²) < 4.78 is 7.17. The Balaban J connectivity index is 1.71. The van der Waals surface area contributed by atoms with E-state index >= 15 is 0 Å². The van der Waals surface area contributed by atoms with Crippen LogP contribution in [0.4, 0.5) is 0 Å². The molecule has 0 radical (unpaired) electrons. The molecule has 0 aliphatic carbocycles. The molecule has 2 aromatic rings. The number of fused-ring (bicyclic) bond motifs is 4. The Kier molecular flexibility index (Phi) is 3.63. The van der Waals surface area contributed by atoms with Crippen LogP contribution in [-0.4, -0.2) is 28.5 Å². The zero-order valence-corrected chi connectivity index (χ0v) is 13.6. The lowest BCUT2D eigenvalue weighted by molar-refractivity contribution is 0.0563. The lowest BCUT2D eigenvalue weighted by Crippen LogP contribution is -2.49. The fraction of sp³-hybridized carbons (Fsp3) is 0.368. The van der Waals surface area contributed by atoms with Crippen LogP contribution in [0.15, 0.2) is 45.8 Å². The van der Waals surface area contributed by atoms with Crippen LogP contribution in [0.5, 0.6) is 0 Å². The van der Waals surface area contributed by atoms with E-state index in [2.05, 4.69) is 0 Å². The van der Waals surface area contributed by atoms with Crippen molar-refractivity contribution in [2.75, 3.05) is 13.1 Å². The molecule has 0 saturated carbocycles. The number of aromatic nitrogens is 1. The van der Waals surface area contributed by atoms with Gasteiger partial charge in [0.2, 0.25) is 0 Å². The molecule has 0 aromatic carbocycles. The number of amides is 1. The molecule has 2 aliphatic heterocycles. The smallest absolute Gasteiger partial charge is 0.289 e. The minimum Gasteiger partial charge on any atom is -0.459 e. The molecule has 4 heterocycles. The van der Waals surface area contributed by atoms with E-state index in [4.69, 9.17) is 4.42 Å². The van der Waals surface area contributed by atoms with Gasteiger partial charge < -0.3 is 13.9 Å². The molecule has 5 heteroatoms. The normalized spacial score (nSPS) is 22.6. The van der Waals surface area contributed by atoms with E-state index in [-0.39, 0.29) is 17.4 Å². The molecule has 1 fully saturated rings. The lowest BCUT2D eigenvalue weighted by atomic mass is 9.81. The van der Waals surface area contributed by atoms with Gasteiger partial charge in [0.1, 0.15) is 0 Å². The molecule has 4 rings (SSSR count). The van der Waals surface area contributed by atoms with Crippen molar-refractivity contribution in [2.24, 2.45) is 5.92 Å². The van der Waals surface area contributed by atoms with Crippen molar-refractivity contribution < 1.29 is 9.21 Å². The zero-order valence-electron chi connectivity index (χ0n) is 13.6. The number of hydrogen-bond donors (Lipinski definition) is 0. The molecule has 0 spiro atoms. The first kappa shape index (κ1) is 15.0. The maximum absolute atomic E-state index is 12.6. The van der Waals surface area contributed by atoms with Crippen LogP contribution < -0.4 is 5.56 Å². The molecule has 1 amide bonds. The van der Waals surface area contributed by atoms with Crippen molar-refractivity contribution in [1.29, 1.82) is 0 Å². The maximum Gasteiger partial charge on any atom is 0.289 e. The fourth-order valence-electron chi connectivity index (χ4n) is 4.09. The van der Waals surface area contributed by atoms with E-state index in [1.807, 2.05) is 34.6 Å². The third kappa shape index (κ3) is 2.40. The molecule has 24 heavy (non-hydrogen) atoms. The Hall–Kier alpha value is -2.56. The Bertz CT molecular complexity index is 848. The van der Waals surface area contributed by atoms with Gasteiger partial charge in [-0.2, -0.15) is 0 Å². The van der Waals surface area contributed by atoms with E-state index in [1.165, 1.54) is 6.26 Å². The van der Waals surface area contributed by atoms with Crippen molar-refractivity contribution in [2.45, 2.75) is 25.8 Å². The Labute approximate surface area is 140 Å². The van der Waals surface area contributed by atoms with E-state index in [0.29, 0.717) is 31.3 Å². The number of nitrogens with zero attached hydrogens (tertiary/aromatic N) is 2. The van der Waals surface area contributed by atoms with Crippen LogP contribution >= 0.6 is 0 Å². The average molecular weight is 324 g/mol. The molecule has 5 nitrogen and oxygen atoms in total. The quantitative estimate of drug-likeness (QED) is 0.853. The van der Waals surface area contributed by atoms with E-state index in [1.54, 1.807) is 18.2 Å². The summed E-state index contributed by atoms with van der Waals surface area (Å²) in [4.78, 5) is 26.8. The summed E-state index contributed by atoms with van der Waals surface area (Å²) in [5.41, 5.74) is 2.19. The van der Waals surface area contributed by atoms with Gasteiger partial charge >= 0.3 is 0 Å². The second-order valence-corrected chi connectivity index (χ2v) is 6.61. The van der Waals surface area contributed by atoms with Gasteiger partial charge in [-0.25, -0.2) is 0 Å². The summed E-state index contributed by atoms with van der Waals surface area (Å²) in [5.74, 6) is 0.827. The number of piperidine rings is 1. The number of rotatable bonds is 2. The summed E-state index contributed by atoms with van der Waals surface area (Å²) >= 11 is 0. The van der Waals surface area contributed by atoms with Gasteiger partial charge in [0.25, 0.3) is 11.5 Å². The van der Waals surface area contributed by atoms with Crippen LogP contribution in [0.25, 0.3) is 6.08 Å². The molecule has 124 valence electrons. The van der Waals surface area contributed by atoms with Crippen LogP contribution in [0, 0.1) is 5.92 Å². The number of furan rings is 1. The standard InChI is InChI=1S/C19H20N2O3/c1-2-4-14-6-7-17(22)21-11-13-9-15(18(14)21)12-20(10-13)19(23)16-5-3-8-24-16/h2-8,13,15H,9-12H2,1H3.